The van der Waals surface area contributed by atoms with Crippen LogP contribution in [0.3, 0.4) is 0 Å². The average molecular weight is 414 g/mol. The van der Waals surface area contributed by atoms with Crippen molar-refractivity contribution >= 4 is 11.5 Å². The lowest BCUT2D eigenvalue weighted by Crippen LogP contribution is -2.39. The first kappa shape index (κ1) is 20.2. The Morgan fingerprint density at radius 2 is 1.93 bits per heavy atom. The number of carbonyl (C=O) groups excluding carboxylic acids is 1. The molecule has 1 aromatic heterocycles. The summed E-state index contributed by atoms with van der Waals surface area (Å²) in [4.78, 5) is 16.6. The molecule has 1 saturated carbocycles. The first-order valence-electron chi connectivity index (χ1n) is 9.79. The highest BCUT2D eigenvalue weighted by Crippen LogP contribution is 2.50. The van der Waals surface area contributed by atoms with Crippen molar-refractivity contribution in [3.8, 4) is 11.3 Å². The minimum atomic E-state index is -4.43. The zero-order chi connectivity index (χ0) is 21.2. The number of aromatic nitrogens is 1. The highest BCUT2D eigenvalue weighted by atomic mass is 19.4. The zero-order valence-corrected chi connectivity index (χ0v) is 16.2. The third kappa shape index (κ3) is 4.10. The second kappa shape index (κ2) is 7.97. The molecule has 0 amide bonds. The molecule has 0 bridgehead atoms. The molecule has 2 aromatic carbocycles. The van der Waals surface area contributed by atoms with Crippen LogP contribution >= 0.6 is 0 Å². The summed E-state index contributed by atoms with van der Waals surface area (Å²) in [6, 6.07) is 13.0. The van der Waals surface area contributed by atoms with E-state index in [0.29, 0.717) is 18.6 Å². The summed E-state index contributed by atoms with van der Waals surface area (Å²) >= 11 is 0. The summed E-state index contributed by atoms with van der Waals surface area (Å²) < 4.78 is 45.8. The highest BCUT2D eigenvalue weighted by Gasteiger charge is 2.45. The second-order valence-corrected chi connectivity index (χ2v) is 7.69. The Kier molecular flexibility index (Phi) is 5.37. The molecule has 30 heavy (non-hydrogen) atoms. The number of rotatable bonds is 7. The molecular weight excluding hydrogens is 393 g/mol. The number of nitrogens with zero attached hydrogens (tertiary/aromatic N) is 1. The molecule has 1 fully saturated rings. The first-order chi connectivity index (χ1) is 14.4. The van der Waals surface area contributed by atoms with Crippen LogP contribution in [0.15, 0.2) is 65.5 Å². The van der Waals surface area contributed by atoms with Crippen LogP contribution in [0.4, 0.5) is 18.9 Å². The van der Waals surface area contributed by atoms with E-state index < -0.39 is 17.2 Å². The minimum absolute atomic E-state index is 0.0514. The maximum atomic E-state index is 13.5. The fraction of sp³-hybridized carbons (Fsp3) is 0.304. The van der Waals surface area contributed by atoms with Gasteiger partial charge in [0.05, 0.1) is 18.3 Å². The van der Waals surface area contributed by atoms with Crippen molar-refractivity contribution in [2.24, 2.45) is 0 Å². The van der Waals surface area contributed by atoms with Gasteiger partial charge >= 0.3 is 6.18 Å². The molecule has 1 aliphatic carbocycles. The Hall–Kier alpha value is -3.09. The van der Waals surface area contributed by atoms with Crippen LogP contribution in [0, 0.1) is 0 Å². The van der Waals surface area contributed by atoms with Crippen LogP contribution in [-0.2, 0) is 16.4 Å². The number of alkyl halides is 3. The summed E-state index contributed by atoms with van der Waals surface area (Å²) in [6.07, 6.45) is 0.612. The number of anilines is 1. The van der Waals surface area contributed by atoms with Gasteiger partial charge in [0.15, 0.2) is 17.9 Å². The molecule has 4 nitrogen and oxygen atoms in total. The molecule has 7 heteroatoms. The van der Waals surface area contributed by atoms with Crippen LogP contribution in [0.2, 0.25) is 0 Å². The average Bonchev–Trinajstić information content (AvgIpc) is 3.24. The third-order valence-electron chi connectivity index (χ3n) is 5.72. The fourth-order valence-electron chi connectivity index (χ4n) is 4.12. The van der Waals surface area contributed by atoms with Gasteiger partial charge < -0.3 is 9.73 Å². The van der Waals surface area contributed by atoms with Crippen molar-refractivity contribution in [2.45, 2.75) is 37.3 Å². The maximum absolute atomic E-state index is 13.5. The predicted octanol–water partition coefficient (Wildman–Crippen LogP) is 5.85. The van der Waals surface area contributed by atoms with E-state index in [-0.39, 0.29) is 24.3 Å². The molecule has 0 saturated heterocycles. The van der Waals surface area contributed by atoms with Crippen LogP contribution in [0.1, 0.15) is 36.8 Å². The second-order valence-electron chi connectivity index (χ2n) is 7.69. The minimum Gasteiger partial charge on any atom is -0.444 e. The van der Waals surface area contributed by atoms with Gasteiger partial charge in [-0.15, -0.1) is 0 Å². The lowest BCUT2D eigenvalue weighted by molar-refractivity contribution is -0.139. The molecule has 0 atom stereocenters. The number of nitrogens with one attached hydrogen (secondary N) is 1. The number of halogens is 3. The zero-order valence-electron chi connectivity index (χ0n) is 16.2. The molecule has 156 valence electrons. The molecular formula is C23H21F3N2O2. The number of oxazole rings is 1. The van der Waals surface area contributed by atoms with Gasteiger partial charge in [0.25, 0.3) is 0 Å². The number of hydrogen-bond acceptors (Lipinski definition) is 4. The molecule has 4 rings (SSSR count). The molecule has 1 N–H and O–H groups in total. The van der Waals surface area contributed by atoms with Crippen molar-refractivity contribution in [2.75, 3.05) is 11.9 Å². The number of Topliss-reactive ketones (excluding diaryl/α,β-unsaturated/α-hetero) is 1. The first-order valence-corrected chi connectivity index (χ1v) is 9.79. The van der Waals surface area contributed by atoms with Crippen LogP contribution in [0.25, 0.3) is 11.3 Å². The lowest BCUT2D eigenvalue weighted by atomic mass is 9.61. The standard InChI is InChI=1S/C23H21F3N2O2/c24-23(25,26)20-8-2-1-7-19(20)22(9-4-10-22)12-18(29)13-28-17-6-3-5-16(11-17)21-14-27-15-30-21/h1-3,5-8,11,14-15,28H,4,9-10,12-13H2. The van der Waals surface area contributed by atoms with E-state index in [0.717, 1.165) is 23.7 Å². The molecule has 3 aromatic rings. The van der Waals surface area contributed by atoms with Gasteiger partial charge in [-0.3, -0.25) is 4.79 Å². The monoisotopic (exact) mass is 414 g/mol. The Bertz CT molecular complexity index is 1020. The van der Waals surface area contributed by atoms with E-state index >= 15 is 0 Å². The smallest absolute Gasteiger partial charge is 0.416 e. The van der Waals surface area contributed by atoms with Gasteiger partial charge in [-0.05, 0) is 36.6 Å². The summed E-state index contributed by atoms with van der Waals surface area (Å²) in [5.41, 5.74) is 0.428. The summed E-state index contributed by atoms with van der Waals surface area (Å²) in [7, 11) is 0. The topological polar surface area (TPSA) is 55.1 Å². The van der Waals surface area contributed by atoms with E-state index in [2.05, 4.69) is 10.3 Å². The summed E-state index contributed by atoms with van der Waals surface area (Å²) in [5, 5.41) is 3.08. The number of hydrogen-bond donors (Lipinski definition) is 1. The molecule has 0 spiro atoms. The fourth-order valence-corrected chi connectivity index (χ4v) is 4.12. The van der Waals surface area contributed by atoms with Crippen LogP contribution in [-0.4, -0.2) is 17.3 Å². The predicted molar refractivity (Wildman–Crippen MR) is 107 cm³/mol. The van der Waals surface area contributed by atoms with Crippen molar-refractivity contribution in [3.63, 3.8) is 0 Å². The van der Waals surface area contributed by atoms with Gasteiger partial charge in [0.2, 0.25) is 0 Å². The molecule has 0 radical (unpaired) electrons. The molecule has 0 unspecified atom stereocenters. The Labute approximate surface area is 172 Å². The highest BCUT2D eigenvalue weighted by molar-refractivity contribution is 5.84. The van der Waals surface area contributed by atoms with Crippen molar-refractivity contribution in [1.82, 2.24) is 4.98 Å². The largest absolute Gasteiger partial charge is 0.444 e. The molecule has 0 aliphatic heterocycles. The Balaban J connectivity index is 1.46. The van der Waals surface area contributed by atoms with Crippen LogP contribution < -0.4 is 5.32 Å². The van der Waals surface area contributed by atoms with Crippen molar-refractivity contribution < 1.29 is 22.4 Å². The Morgan fingerprint density at radius 3 is 2.60 bits per heavy atom. The molecule has 1 heterocycles. The van der Waals surface area contributed by atoms with Gasteiger partial charge in [0, 0.05) is 23.1 Å². The van der Waals surface area contributed by atoms with E-state index in [9.17, 15) is 18.0 Å². The quantitative estimate of drug-likeness (QED) is 0.527. The van der Waals surface area contributed by atoms with Gasteiger partial charge in [-0.2, -0.15) is 13.2 Å². The number of benzene rings is 2. The Morgan fingerprint density at radius 1 is 1.13 bits per heavy atom. The van der Waals surface area contributed by atoms with Crippen molar-refractivity contribution in [1.29, 1.82) is 0 Å². The number of carbonyl (C=O) groups is 1. The molecule has 1 aliphatic rings. The maximum Gasteiger partial charge on any atom is 0.416 e. The van der Waals surface area contributed by atoms with Crippen LogP contribution in [0.5, 0.6) is 0 Å². The van der Waals surface area contributed by atoms with Gasteiger partial charge in [0.1, 0.15) is 0 Å². The van der Waals surface area contributed by atoms with Gasteiger partial charge in [-0.25, -0.2) is 4.98 Å². The third-order valence-corrected chi connectivity index (χ3v) is 5.72. The lowest BCUT2D eigenvalue weighted by Gasteiger charge is -2.43. The summed E-state index contributed by atoms with van der Waals surface area (Å²) in [5.74, 6) is 0.499. The summed E-state index contributed by atoms with van der Waals surface area (Å²) in [6.45, 7) is 0.0514. The van der Waals surface area contributed by atoms with E-state index in [4.69, 9.17) is 4.42 Å². The normalized spacial score (nSPS) is 15.4. The van der Waals surface area contributed by atoms with E-state index in [1.807, 2.05) is 24.3 Å². The van der Waals surface area contributed by atoms with Crippen molar-refractivity contribution in [3.05, 3.63) is 72.2 Å². The number of ketones is 1. The van der Waals surface area contributed by atoms with E-state index in [1.165, 1.54) is 18.5 Å². The SMILES string of the molecule is O=C(CNc1cccc(-c2cnco2)c1)CC1(c2ccccc2C(F)(F)F)CCC1. The van der Waals surface area contributed by atoms with E-state index in [1.54, 1.807) is 12.3 Å². The van der Waals surface area contributed by atoms with Gasteiger partial charge in [-0.1, -0.05) is 36.8 Å².